The number of fused-ring (bicyclic) bond motifs is 2. The standard InChI is InChI=1S/C52H50ClF2N5O15S/c1-32-37(20-21-56-45(32)11-5-23-71-52(63)75-41-10-3-7-35(25-41)29-73-60(66)67)27-57(38-16-17-38)50(61)47-42(36-14-12-33(13-15-36)8-4-22-70-49-44(55)19-18-43(54)48(49)53)26-39-30-76(68,69)31-46(47)58(39)51(62)74-40-9-2-6-34(24-40)28-72-59(64)65/h2-3,6-7,9-10,12-15,18-21,24-25,38-39,46H,4-5,8,11,16-17,22-23,26-31H2,1H3. The molecule has 2 unspecified atom stereocenters. The van der Waals surface area contributed by atoms with Crippen molar-refractivity contribution in [1.29, 1.82) is 0 Å². The average molecular weight is 1090 g/mol. The highest BCUT2D eigenvalue weighted by Crippen LogP contribution is 2.42. The summed E-state index contributed by atoms with van der Waals surface area (Å²) in [5, 5.41) is 19.1. The molecule has 3 heterocycles. The van der Waals surface area contributed by atoms with Crippen LogP contribution in [0.25, 0.3) is 5.57 Å². The van der Waals surface area contributed by atoms with E-state index in [4.69, 9.17) is 30.5 Å². The second-order valence-electron chi connectivity index (χ2n) is 18.2. The van der Waals surface area contributed by atoms with Crippen LogP contribution in [0.3, 0.4) is 0 Å². The third-order valence-corrected chi connectivity index (χ3v) is 15.0. The molecule has 1 saturated carbocycles. The number of aromatic nitrogens is 1. The summed E-state index contributed by atoms with van der Waals surface area (Å²) in [5.74, 6) is -3.33. The highest BCUT2D eigenvalue weighted by atomic mass is 35.5. The van der Waals surface area contributed by atoms with Gasteiger partial charge in [0, 0.05) is 30.1 Å². The zero-order valence-corrected chi connectivity index (χ0v) is 42.3. The summed E-state index contributed by atoms with van der Waals surface area (Å²) >= 11 is 5.93. The minimum atomic E-state index is -3.84. The molecule has 0 N–H and O–H groups in total. The Kier molecular flexibility index (Phi) is 17.3. The molecule has 2 bridgehead atoms. The molecule has 8 rings (SSSR count). The number of hydrogen-bond acceptors (Lipinski definition) is 16. The fraction of sp³-hybridized carbons (Fsp3) is 0.346. The van der Waals surface area contributed by atoms with Crippen LogP contribution in [0.2, 0.25) is 5.02 Å². The van der Waals surface area contributed by atoms with Gasteiger partial charge in [-0.2, -0.15) is 0 Å². The first-order chi connectivity index (χ1) is 36.4. The molecule has 4 aromatic carbocycles. The number of ether oxygens (including phenoxy) is 4. The fourth-order valence-corrected chi connectivity index (χ4v) is 11.2. The normalized spacial score (nSPS) is 16.6. The van der Waals surface area contributed by atoms with Crippen molar-refractivity contribution in [3.63, 3.8) is 0 Å². The van der Waals surface area contributed by atoms with Crippen LogP contribution in [0, 0.1) is 38.8 Å². The lowest BCUT2D eigenvalue weighted by atomic mass is 9.84. The van der Waals surface area contributed by atoms with Gasteiger partial charge in [0.15, 0.2) is 21.4 Å². The van der Waals surface area contributed by atoms with Gasteiger partial charge in [-0.25, -0.2) is 26.8 Å². The Bertz CT molecular complexity index is 3160. The van der Waals surface area contributed by atoms with Gasteiger partial charge in [-0.15, -0.1) is 20.2 Å². The second-order valence-corrected chi connectivity index (χ2v) is 20.8. The number of benzene rings is 4. The Hall–Kier alpha value is -7.92. The molecule has 3 aliphatic rings. The van der Waals surface area contributed by atoms with Crippen molar-refractivity contribution in [3.05, 3.63) is 179 Å². The third kappa shape index (κ3) is 13.9. The van der Waals surface area contributed by atoms with Crippen molar-refractivity contribution in [2.75, 3.05) is 24.7 Å². The van der Waals surface area contributed by atoms with Crippen LogP contribution in [0.15, 0.2) is 103 Å². The Morgan fingerprint density at radius 2 is 1.46 bits per heavy atom. The first-order valence-electron chi connectivity index (χ1n) is 24.0. The first-order valence-corrected chi connectivity index (χ1v) is 26.2. The van der Waals surface area contributed by atoms with E-state index < -0.39 is 85.0 Å². The van der Waals surface area contributed by atoms with Crippen LogP contribution in [-0.4, -0.2) is 94.4 Å². The van der Waals surface area contributed by atoms with Gasteiger partial charge in [-0.1, -0.05) is 60.1 Å². The molecule has 20 nitrogen and oxygen atoms in total. The van der Waals surface area contributed by atoms with Gasteiger partial charge >= 0.3 is 12.2 Å². The van der Waals surface area contributed by atoms with E-state index in [0.717, 1.165) is 28.8 Å². The largest absolute Gasteiger partial charge is 0.513 e. The van der Waals surface area contributed by atoms with Crippen LogP contribution in [-0.2, 0) is 61.6 Å². The molecule has 24 heteroatoms. The number of carbonyl (C=O) groups excluding carboxylic acids is 3. The van der Waals surface area contributed by atoms with Gasteiger partial charge in [-0.3, -0.25) is 14.7 Å². The summed E-state index contributed by atoms with van der Waals surface area (Å²) in [7, 11) is -3.84. The molecule has 0 radical (unpaired) electrons. The van der Waals surface area contributed by atoms with Crippen molar-refractivity contribution >= 4 is 45.2 Å². The van der Waals surface area contributed by atoms with Crippen molar-refractivity contribution in [3.8, 4) is 17.2 Å². The molecule has 1 aromatic heterocycles. The van der Waals surface area contributed by atoms with Gasteiger partial charge in [0.25, 0.3) is 16.1 Å². The van der Waals surface area contributed by atoms with Crippen molar-refractivity contribution < 1.29 is 70.4 Å². The Labute approximate surface area is 439 Å². The monoisotopic (exact) mass is 1090 g/mol. The molecule has 400 valence electrons. The predicted molar refractivity (Wildman–Crippen MR) is 267 cm³/mol. The van der Waals surface area contributed by atoms with E-state index in [1.165, 1.54) is 35.2 Å². The maximum atomic E-state index is 15.5. The zero-order valence-electron chi connectivity index (χ0n) is 40.8. The van der Waals surface area contributed by atoms with E-state index in [1.807, 2.05) is 31.2 Å². The van der Waals surface area contributed by atoms with Crippen LogP contribution >= 0.6 is 11.6 Å². The molecular formula is C52H50ClF2N5O15S. The van der Waals surface area contributed by atoms with Crippen LogP contribution in [0.4, 0.5) is 18.4 Å². The molecular weight excluding hydrogens is 1040 g/mol. The lowest BCUT2D eigenvalue weighted by molar-refractivity contribution is -0.763. The topological polar surface area (TPSA) is 246 Å². The number of amides is 2. The minimum Gasteiger partial charge on any atom is -0.489 e. The Morgan fingerprint density at radius 1 is 0.816 bits per heavy atom. The number of pyridine rings is 1. The van der Waals surface area contributed by atoms with Crippen LogP contribution < -0.4 is 14.2 Å². The SMILES string of the molecule is Cc1c(CN(C(=O)C2=C(c3ccc(CCCOc4c(F)ccc(F)c4Cl)cc3)CC3CS(=O)(=O)CC2N3C(=O)Oc2cccc(CO[N+](=O)[O-])c2)C2CC2)ccnc1CCCOC(=O)Oc1cccc(CO[N+](=O)[O-])c1. The highest BCUT2D eigenvalue weighted by molar-refractivity contribution is 7.91. The summed E-state index contributed by atoms with van der Waals surface area (Å²) in [6, 6.07) is 20.4. The van der Waals surface area contributed by atoms with E-state index in [9.17, 15) is 47.0 Å². The average Bonchev–Trinajstić information content (AvgIpc) is 4.23. The summed E-state index contributed by atoms with van der Waals surface area (Å²) in [4.78, 5) is 80.3. The van der Waals surface area contributed by atoms with Gasteiger partial charge < -0.3 is 33.5 Å². The summed E-state index contributed by atoms with van der Waals surface area (Å²) in [6.07, 6.45) is 2.60. The molecule has 1 aliphatic carbocycles. The number of hydrogen-bond donors (Lipinski definition) is 0. The van der Waals surface area contributed by atoms with Gasteiger partial charge in [0.2, 0.25) is 0 Å². The smallest absolute Gasteiger partial charge is 0.489 e. The number of rotatable bonds is 22. The van der Waals surface area contributed by atoms with E-state index in [1.54, 1.807) is 35.4 Å². The van der Waals surface area contributed by atoms with E-state index in [0.29, 0.717) is 66.5 Å². The molecule has 2 aliphatic heterocycles. The van der Waals surface area contributed by atoms with Gasteiger partial charge in [-0.05, 0) is 133 Å². The van der Waals surface area contributed by atoms with Crippen LogP contribution in [0.5, 0.6) is 17.2 Å². The Morgan fingerprint density at radius 3 is 2.12 bits per heavy atom. The third-order valence-electron chi connectivity index (χ3n) is 13.0. The maximum Gasteiger partial charge on any atom is 0.513 e. The van der Waals surface area contributed by atoms with Gasteiger partial charge in [0.1, 0.15) is 35.6 Å². The lowest BCUT2D eigenvalue weighted by Crippen LogP contribution is -2.62. The molecule has 76 heavy (non-hydrogen) atoms. The maximum absolute atomic E-state index is 15.5. The molecule has 0 spiro atoms. The van der Waals surface area contributed by atoms with Gasteiger partial charge in [0.05, 0.1) is 36.8 Å². The summed E-state index contributed by atoms with van der Waals surface area (Å²) in [6.45, 7) is 1.21. The second kappa shape index (κ2) is 24.2. The van der Waals surface area contributed by atoms with E-state index >= 15 is 4.79 Å². The molecule has 2 atom stereocenters. The van der Waals surface area contributed by atoms with Crippen molar-refractivity contribution in [2.45, 2.75) is 89.8 Å². The van der Waals surface area contributed by atoms with Crippen molar-refractivity contribution in [2.24, 2.45) is 0 Å². The number of nitrogens with zero attached hydrogens (tertiary/aromatic N) is 5. The predicted octanol–water partition coefficient (Wildman–Crippen LogP) is 8.91. The Balaban J connectivity index is 1.03. The van der Waals surface area contributed by atoms with Crippen LogP contribution in [0.1, 0.15) is 71.2 Å². The zero-order chi connectivity index (χ0) is 54.1. The first kappa shape index (κ1) is 54.3. The quantitative estimate of drug-likeness (QED) is 0.0157. The summed E-state index contributed by atoms with van der Waals surface area (Å²) in [5.41, 5.74) is 5.08. The number of carbonyl (C=O) groups is 3. The van der Waals surface area contributed by atoms with E-state index in [-0.39, 0.29) is 61.6 Å². The molecule has 2 fully saturated rings. The summed E-state index contributed by atoms with van der Waals surface area (Å²) < 4.78 is 77.6. The lowest BCUT2D eigenvalue weighted by Gasteiger charge is -2.47. The van der Waals surface area contributed by atoms with Crippen molar-refractivity contribution in [1.82, 2.24) is 14.8 Å². The highest BCUT2D eigenvalue weighted by Gasteiger charge is 2.51. The number of sulfone groups is 1. The molecule has 1 saturated heterocycles. The number of halogens is 3. The minimum absolute atomic E-state index is 0.0174. The number of aryl methyl sites for hydroxylation is 2. The molecule has 2 amide bonds. The fourth-order valence-electron chi connectivity index (χ4n) is 9.19. The van der Waals surface area contributed by atoms with E-state index in [2.05, 4.69) is 14.7 Å². The molecule has 5 aromatic rings.